The number of fused-ring (bicyclic) bond motifs is 2. The molecule has 2 fully saturated rings. The van der Waals surface area contributed by atoms with E-state index >= 15 is 0 Å². The summed E-state index contributed by atoms with van der Waals surface area (Å²) in [4.78, 5) is 30.1. The molecule has 126 valence electrons. The van der Waals surface area contributed by atoms with Gasteiger partial charge in [0, 0.05) is 13.7 Å². The Morgan fingerprint density at radius 1 is 1.41 bits per heavy atom. The Balaban J connectivity index is 1.95. The number of hydrogen-bond donors (Lipinski definition) is 2. The number of urea groups is 1. The summed E-state index contributed by atoms with van der Waals surface area (Å²) in [5.74, 6) is -0.517. The van der Waals surface area contributed by atoms with Crippen LogP contribution in [0.1, 0.15) is 12.8 Å². The van der Waals surface area contributed by atoms with Crippen LogP contribution in [0, 0.1) is 0 Å². The molecule has 2 saturated heterocycles. The smallest absolute Gasteiger partial charge is 0.382 e. The second-order valence-corrected chi connectivity index (χ2v) is 5.82. The number of carbonyl (C=O) groups excluding carboxylic acids is 2. The Labute approximate surface area is 126 Å². The summed E-state index contributed by atoms with van der Waals surface area (Å²) in [6.07, 6.45) is 0.676. The van der Waals surface area contributed by atoms with Gasteiger partial charge in [0.25, 0.3) is 5.91 Å². The van der Waals surface area contributed by atoms with Gasteiger partial charge in [0.15, 0.2) is 0 Å². The van der Waals surface area contributed by atoms with Gasteiger partial charge in [-0.05, 0) is 12.8 Å². The van der Waals surface area contributed by atoms with Crippen molar-refractivity contribution in [2.45, 2.75) is 24.9 Å². The second kappa shape index (κ2) is 6.75. The molecule has 12 heteroatoms. The third kappa shape index (κ3) is 3.84. The summed E-state index contributed by atoms with van der Waals surface area (Å²) in [7, 11) is -3.31. The van der Waals surface area contributed by atoms with Crippen LogP contribution in [0.2, 0.25) is 0 Å². The molecular weight excluding hydrogens is 322 g/mol. The maximum absolute atomic E-state index is 12.1. The molecule has 2 aliphatic heterocycles. The van der Waals surface area contributed by atoms with E-state index in [0.29, 0.717) is 24.5 Å². The highest BCUT2D eigenvalue weighted by molar-refractivity contribution is 7.80. The highest BCUT2D eigenvalue weighted by Gasteiger charge is 2.49. The lowest BCUT2D eigenvalue weighted by Gasteiger charge is -2.28. The van der Waals surface area contributed by atoms with Crippen LogP contribution in [-0.2, 0) is 29.1 Å². The topological polar surface area (TPSA) is 135 Å². The molecule has 3 amide bonds. The summed E-state index contributed by atoms with van der Waals surface area (Å²) in [6, 6.07) is -2.12. The van der Waals surface area contributed by atoms with Crippen LogP contribution >= 0.6 is 0 Å². The zero-order chi connectivity index (χ0) is 16.3. The minimum absolute atomic E-state index is 0.129. The number of hydroxylamine groups is 3. The third-order valence-corrected chi connectivity index (χ3v) is 3.71. The monoisotopic (exact) mass is 339 g/mol. The van der Waals surface area contributed by atoms with Gasteiger partial charge in [-0.15, -0.1) is 4.28 Å². The zero-order valence-corrected chi connectivity index (χ0v) is 12.6. The minimum atomic E-state index is -4.80. The van der Waals surface area contributed by atoms with Crippen molar-refractivity contribution < 1.29 is 36.4 Å². The average molecular weight is 339 g/mol. The fourth-order valence-corrected chi connectivity index (χ4v) is 2.81. The standard InChI is InChI=1S/C10H17N3O8S/c1-19-4-5-20-11-9(14)8-3-2-7-6-12(8)10(15)13(7)21-22(16,17)18/h7-8H,2-6H2,1H3,(H,11,14)(H,16,17,18). The van der Waals surface area contributed by atoms with Crippen molar-refractivity contribution >= 4 is 22.3 Å². The molecule has 2 rings (SSSR count). The van der Waals surface area contributed by atoms with E-state index in [-0.39, 0.29) is 13.2 Å². The van der Waals surface area contributed by atoms with Crippen LogP contribution in [0.15, 0.2) is 0 Å². The zero-order valence-electron chi connectivity index (χ0n) is 11.8. The van der Waals surface area contributed by atoms with Crippen molar-refractivity contribution in [1.29, 1.82) is 0 Å². The molecule has 2 N–H and O–H groups in total. The van der Waals surface area contributed by atoms with Crippen LogP contribution in [0.3, 0.4) is 0 Å². The third-order valence-electron chi connectivity index (χ3n) is 3.36. The molecule has 22 heavy (non-hydrogen) atoms. The van der Waals surface area contributed by atoms with Crippen molar-refractivity contribution in [3.8, 4) is 0 Å². The van der Waals surface area contributed by atoms with Crippen LogP contribution in [0.4, 0.5) is 4.79 Å². The summed E-state index contributed by atoms with van der Waals surface area (Å²) in [5.41, 5.74) is 2.21. The fraction of sp³-hybridized carbons (Fsp3) is 0.800. The predicted molar refractivity (Wildman–Crippen MR) is 69.4 cm³/mol. The number of nitrogens with one attached hydrogen (secondary N) is 1. The molecule has 0 aromatic heterocycles. The fourth-order valence-electron chi connectivity index (χ4n) is 2.42. The van der Waals surface area contributed by atoms with Gasteiger partial charge in [0.2, 0.25) is 0 Å². The molecule has 2 aliphatic rings. The van der Waals surface area contributed by atoms with Crippen LogP contribution in [-0.4, -0.2) is 73.8 Å². The molecule has 0 aromatic rings. The van der Waals surface area contributed by atoms with Crippen molar-refractivity contribution in [2.75, 3.05) is 26.9 Å². The number of amides is 3. The molecule has 0 radical (unpaired) electrons. The SMILES string of the molecule is COCCONC(=O)C1CCC2CN1C(=O)N2OS(=O)(=O)O. The maximum Gasteiger partial charge on any atom is 0.418 e. The van der Waals surface area contributed by atoms with Gasteiger partial charge >= 0.3 is 16.4 Å². The van der Waals surface area contributed by atoms with Gasteiger partial charge in [-0.1, -0.05) is 0 Å². The normalized spacial score (nSPS) is 24.7. The number of methoxy groups -OCH3 is 1. The second-order valence-electron chi connectivity index (χ2n) is 4.82. The van der Waals surface area contributed by atoms with Crippen LogP contribution < -0.4 is 5.48 Å². The van der Waals surface area contributed by atoms with E-state index in [4.69, 9.17) is 14.1 Å². The van der Waals surface area contributed by atoms with Gasteiger partial charge in [0.05, 0.1) is 19.3 Å². The van der Waals surface area contributed by atoms with E-state index in [0.717, 1.165) is 0 Å². The van der Waals surface area contributed by atoms with Crippen LogP contribution in [0.5, 0.6) is 0 Å². The molecule has 2 bridgehead atoms. The van der Waals surface area contributed by atoms with E-state index in [1.54, 1.807) is 0 Å². The molecule has 2 atom stereocenters. The summed E-state index contributed by atoms with van der Waals surface area (Å²) >= 11 is 0. The minimum Gasteiger partial charge on any atom is -0.382 e. The number of carbonyl (C=O) groups is 2. The van der Waals surface area contributed by atoms with E-state index in [9.17, 15) is 18.0 Å². The van der Waals surface area contributed by atoms with Gasteiger partial charge in [-0.25, -0.2) is 10.3 Å². The number of ether oxygens (including phenoxy) is 1. The Kier molecular flexibility index (Phi) is 5.18. The predicted octanol–water partition coefficient (Wildman–Crippen LogP) is -1.32. The van der Waals surface area contributed by atoms with Gasteiger partial charge < -0.3 is 9.64 Å². The summed E-state index contributed by atoms with van der Waals surface area (Å²) < 4.78 is 39.2. The van der Waals surface area contributed by atoms with Gasteiger partial charge in [-0.3, -0.25) is 14.2 Å². The first-order chi connectivity index (χ1) is 10.3. The number of rotatable bonds is 7. The molecule has 2 heterocycles. The first kappa shape index (κ1) is 16.9. The van der Waals surface area contributed by atoms with Crippen molar-refractivity contribution in [1.82, 2.24) is 15.4 Å². The molecule has 0 aliphatic carbocycles. The molecule has 2 unspecified atom stereocenters. The number of hydrogen-bond acceptors (Lipinski definition) is 7. The molecule has 0 saturated carbocycles. The Hall–Kier alpha value is -1.47. The van der Waals surface area contributed by atoms with Crippen molar-refractivity contribution in [3.63, 3.8) is 0 Å². The van der Waals surface area contributed by atoms with Crippen LogP contribution in [0.25, 0.3) is 0 Å². The summed E-state index contributed by atoms with van der Waals surface area (Å²) in [5, 5.41) is 0.578. The number of piperidine rings is 1. The quantitative estimate of drug-likeness (QED) is 0.331. The van der Waals surface area contributed by atoms with E-state index in [2.05, 4.69) is 9.76 Å². The van der Waals surface area contributed by atoms with E-state index in [1.165, 1.54) is 12.0 Å². The van der Waals surface area contributed by atoms with Gasteiger partial charge in [0.1, 0.15) is 6.04 Å². The first-order valence-electron chi connectivity index (χ1n) is 6.51. The molecule has 0 spiro atoms. The lowest BCUT2D eigenvalue weighted by Crippen LogP contribution is -2.49. The largest absolute Gasteiger partial charge is 0.418 e. The van der Waals surface area contributed by atoms with E-state index in [1.807, 2.05) is 0 Å². The number of nitrogens with zero attached hydrogens (tertiary/aromatic N) is 2. The van der Waals surface area contributed by atoms with Crippen molar-refractivity contribution in [3.05, 3.63) is 0 Å². The first-order valence-corrected chi connectivity index (χ1v) is 7.87. The van der Waals surface area contributed by atoms with Gasteiger partial charge in [-0.2, -0.15) is 13.5 Å². The lowest BCUT2D eigenvalue weighted by molar-refractivity contribution is -0.139. The molecule has 0 aromatic carbocycles. The summed E-state index contributed by atoms with van der Waals surface area (Å²) in [6.45, 7) is 0.583. The molecular formula is C10H17N3O8S. The highest BCUT2D eigenvalue weighted by atomic mass is 32.3. The Morgan fingerprint density at radius 3 is 2.77 bits per heavy atom. The highest BCUT2D eigenvalue weighted by Crippen LogP contribution is 2.30. The lowest BCUT2D eigenvalue weighted by atomic mass is 10.0. The molecule has 11 nitrogen and oxygen atoms in total. The Morgan fingerprint density at radius 2 is 2.14 bits per heavy atom. The maximum atomic E-state index is 12.1. The Bertz CT molecular complexity index is 538. The average Bonchev–Trinajstić information content (AvgIpc) is 2.67. The van der Waals surface area contributed by atoms with Crippen molar-refractivity contribution in [2.24, 2.45) is 0 Å². The van der Waals surface area contributed by atoms with E-state index < -0.39 is 34.4 Å².